The van der Waals surface area contributed by atoms with E-state index < -0.39 is 10.0 Å². The second-order valence-corrected chi connectivity index (χ2v) is 8.21. The molecule has 0 atom stereocenters. The normalized spacial score (nSPS) is 15.7. The van der Waals surface area contributed by atoms with Crippen molar-refractivity contribution in [3.8, 4) is 0 Å². The maximum absolute atomic E-state index is 12.7. The zero-order valence-electron chi connectivity index (χ0n) is 14.6. The van der Waals surface area contributed by atoms with Crippen molar-refractivity contribution in [2.24, 2.45) is 0 Å². The van der Waals surface area contributed by atoms with Crippen LogP contribution in [0.4, 0.5) is 5.69 Å². The first-order valence-electron chi connectivity index (χ1n) is 8.64. The molecule has 2 heterocycles. The molecule has 0 unspecified atom stereocenters. The van der Waals surface area contributed by atoms with Gasteiger partial charge in [-0.15, -0.1) is 0 Å². The third-order valence-corrected chi connectivity index (χ3v) is 6.10. The molecule has 8 nitrogen and oxygen atoms in total. The molecule has 1 aliphatic heterocycles. The van der Waals surface area contributed by atoms with E-state index in [1.807, 2.05) is 0 Å². The summed E-state index contributed by atoms with van der Waals surface area (Å²) in [6.45, 7) is 2.80. The number of amides is 1. The quantitative estimate of drug-likeness (QED) is 0.825. The van der Waals surface area contributed by atoms with Gasteiger partial charge in [-0.3, -0.25) is 4.79 Å². The van der Waals surface area contributed by atoms with E-state index in [4.69, 9.17) is 4.52 Å². The molecule has 1 aromatic carbocycles. The highest BCUT2D eigenvalue weighted by Gasteiger charge is 2.26. The Morgan fingerprint density at radius 1 is 1.27 bits per heavy atom. The van der Waals surface area contributed by atoms with Gasteiger partial charge in [-0.2, -0.15) is 9.29 Å². The Balaban J connectivity index is 1.64. The lowest BCUT2D eigenvalue weighted by Crippen LogP contribution is -2.35. The number of rotatable bonds is 6. The van der Waals surface area contributed by atoms with Crippen molar-refractivity contribution >= 4 is 21.6 Å². The van der Waals surface area contributed by atoms with Crippen molar-refractivity contribution in [1.29, 1.82) is 0 Å². The number of sulfonamides is 1. The molecule has 0 saturated carbocycles. The van der Waals surface area contributed by atoms with E-state index >= 15 is 0 Å². The third kappa shape index (κ3) is 4.47. The van der Waals surface area contributed by atoms with Gasteiger partial charge in [0.2, 0.25) is 21.8 Å². The predicted octanol–water partition coefficient (Wildman–Crippen LogP) is 2.12. The summed E-state index contributed by atoms with van der Waals surface area (Å²) in [5.74, 6) is 0.684. The summed E-state index contributed by atoms with van der Waals surface area (Å²) in [5, 5.41) is 6.40. The number of hydrogen-bond donors (Lipinski definition) is 1. The SMILES string of the molecule is Cc1noc(CCC(=O)Nc2cccc(S(=O)(=O)N3CCCCC3)c2)n1. The molecule has 3 rings (SSSR count). The average molecular weight is 378 g/mol. The van der Waals surface area contributed by atoms with Crippen LogP contribution in [-0.2, 0) is 21.2 Å². The Hall–Kier alpha value is -2.26. The van der Waals surface area contributed by atoms with Crippen LogP contribution < -0.4 is 5.32 Å². The molecule has 0 aliphatic carbocycles. The van der Waals surface area contributed by atoms with Crippen LogP contribution in [0.1, 0.15) is 37.4 Å². The zero-order valence-corrected chi connectivity index (χ0v) is 15.5. The molecular weight excluding hydrogens is 356 g/mol. The molecule has 26 heavy (non-hydrogen) atoms. The first kappa shape index (κ1) is 18.5. The van der Waals surface area contributed by atoms with Crippen molar-refractivity contribution in [3.05, 3.63) is 36.0 Å². The van der Waals surface area contributed by atoms with Gasteiger partial charge in [0, 0.05) is 31.6 Å². The second-order valence-electron chi connectivity index (χ2n) is 6.28. The smallest absolute Gasteiger partial charge is 0.243 e. The fourth-order valence-corrected chi connectivity index (χ4v) is 4.44. The monoisotopic (exact) mass is 378 g/mol. The standard InChI is InChI=1S/C17H22N4O4S/c1-13-18-17(25-20-13)9-8-16(22)19-14-6-5-7-15(12-14)26(23,24)21-10-3-2-4-11-21/h5-7,12H,2-4,8-11H2,1H3,(H,19,22). The predicted molar refractivity (Wildman–Crippen MR) is 95.0 cm³/mol. The van der Waals surface area contributed by atoms with E-state index in [0.29, 0.717) is 36.9 Å². The number of benzene rings is 1. The lowest BCUT2D eigenvalue weighted by atomic mass is 10.2. The van der Waals surface area contributed by atoms with Crippen LogP contribution in [-0.4, -0.2) is 41.9 Å². The van der Waals surface area contributed by atoms with Crippen LogP contribution in [0.25, 0.3) is 0 Å². The Kier molecular flexibility index (Phi) is 5.67. The Labute approximate surface area is 152 Å². The van der Waals surface area contributed by atoms with E-state index in [-0.39, 0.29) is 17.2 Å². The molecule has 1 saturated heterocycles. The van der Waals surface area contributed by atoms with Crippen LogP contribution in [0.5, 0.6) is 0 Å². The van der Waals surface area contributed by atoms with Gasteiger partial charge in [0.1, 0.15) is 0 Å². The summed E-state index contributed by atoms with van der Waals surface area (Å²) in [4.78, 5) is 16.3. The number of nitrogens with zero attached hydrogens (tertiary/aromatic N) is 3. The Morgan fingerprint density at radius 3 is 2.73 bits per heavy atom. The van der Waals surface area contributed by atoms with Gasteiger partial charge in [0.15, 0.2) is 5.82 Å². The van der Waals surface area contributed by atoms with E-state index in [1.54, 1.807) is 25.1 Å². The van der Waals surface area contributed by atoms with Crippen molar-refractivity contribution in [2.75, 3.05) is 18.4 Å². The third-order valence-electron chi connectivity index (χ3n) is 4.21. The minimum absolute atomic E-state index is 0.171. The van der Waals surface area contributed by atoms with Gasteiger partial charge in [0.25, 0.3) is 0 Å². The first-order chi connectivity index (χ1) is 12.4. The lowest BCUT2D eigenvalue weighted by Gasteiger charge is -2.26. The van der Waals surface area contributed by atoms with Gasteiger partial charge in [-0.05, 0) is 38.0 Å². The summed E-state index contributed by atoms with van der Waals surface area (Å²) < 4.78 is 31.9. The molecule has 9 heteroatoms. The largest absolute Gasteiger partial charge is 0.339 e. The van der Waals surface area contributed by atoms with Crippen molar-refractivity contribution in [2.45, 2.75) is 43.9 Å². The number of carbonyl (C=O) groups excluding carboxylic acids is 1. The average Bonchev–Trinajstić information content (AvgIpc) is 3.06. The second kappa shape index (κ2) is 7.96. The molecule has 0 bridgehead atoms. The summed E-state index contributed by atoms with van der Waals surface area (Å²) in [6, 6.07) is 6.36. The summed E-state index contributed by atoms with van der Waals surface area (Å²) in [5.41, 5.74) is 0.454. The van der Waals surface area contributed by atoms with Crippen molar-refractivity contribution in [1.82, 2.24) is 14.4 Å². The molecule has 1 fully saturated rings. The van der Waals surface area contributed by atoms with Crippen LogP contribution in [0, 0.1) is 6.92 Å². The first-order valence-corrected chi connectivity index (χ1v) is 10.1. The van der Waals surface area contributed by atoms with Gasteiger partial charge >= 0.3 is 0 Å². The summed E-state index contributed by atoms with van der Waals surface area (Å²) >= 11 is 0. The number of aromatic nitrogens is 2. The van der Waals surface area contributed by atoms with E-state index in [9.17, 15) is 13.2 Å². The Bertz CT molecular complexity index is 872. The highest BCUT2D eigenvalue weighted by molar-refractivity contribution is 7.89. The zero-order chi connectivity index (χ0) is 18.6. The van der Waals surface area contributed by atoms with Crippen LogP contribution >= 0.6 is 0 Å². The van der Waals surface area contributed by atoms with Crippen LogP contribution in [0.15, 0.2) is 33.7 Å². The van der Waals surface area contributed by atoms with Crippen molar-refractivity contribution in [3.63, 3.8) is 0 Å². The molecule has 1 aromatic heterocycles. The number of anilines is 1. The highest BCUT2D eigenvalue weighted by Crippen LogP contribution is 2.23. The topological polar surface area (TPSA) is 105 Å². The number of aryl methyl sites for hydroxylation is 2. The molecule has 0 spiro atoms. The molecule has 2 aromatic rings. The minimum atomic E-state index is -3.52. The molecule has 1 amide bonds. The van der Waals surface area contributed by atoms with Crippen molar-refractivity contribution < 1.29 is 17.7 Å². The van der Waals surface area contributed by atoms with E-state index in [0.717, 1.165) is 19.3 Å². The van der Waals surface area contributed by atoms with Gasteiger partial charge in [-0.25, -0.2) is 8.42 Å². The Morgan fingerprint density at radius 2 is 2.04 bits per heavy atom. The minimum Gasteiger partial charge on any atom is -0.339 e. The van der Waals surface area contributed by atoms with Gasteiger partial charge in [-0.1, -0.05) is 17.6 Å². The molecule has 1 aliphatic rings. The maximum Gasteiger partial charge on any atom is 0.243 e. The fourth-order valence-electron chi connectivity index (χ4n) is 2.87. The van der Waals surface area contributed by atoms with E-state index in [2.05, 4.69) is 15.5 Å². The summed E-state index contributed by atoms with van der Waals surface area (Å²) in [7, 11) is -3.52. The number of hydrogen-bond acceptors (Lipinski definition) is 6. The number of carbonyl (C=O) groups is 1. The van der Waals surface area contributed by atoms with Gasteiger partial charge < -0.3 is 9.84 Å². The maximum atomic E-state index is 12.7. The van der Waals surface area contributed by atoms with E-state index in [1.165, 1.54) is 10.4 Å². The highest BCUT2D eigenvalue weighted by atomic mass is 32.2. The van der Waals surface area contributed by atoms with Crippen LogP contribution in [0.2, 0.25) is 0 Å². The lowest BCUT2D eigenvalue weighted by molar-refractivity contribution is -0.116. The molecule has 0 radical (unpaired) electrons. The summed E-state index contributed by atoms with van der Waals surface area (Å²) in [6.07, 6.45) is 3.32. The number of piperidine rings is 1. The number of nitrogens with one attached hydrogen (secondary N) is 1. The molecular formula is C17H22N4O4S. The van der Waals surface area contributed by atoms with Crippen LogP contribution in [0.3, 0.4) is 0 Å². The molecule has 140 valence electrons. The van der Waals surface area contributed by atoms with Gasteiger partial charge in [0.05, 0.1) is 4.90 Å². The molecule has 1 N–H and O–H groups in total. The fraction of sp³-hybridized carbons (Fsp3) is 0.471.